The van der Waals surface area contributed by atoms with E-state index in [1.165, 1.54) is 11.8 Å². The quantitative estimate of drug-likeness (QED) is 0.474. The van der Waals surface area contributed by atoms with Crippen molar-refractivity contribution in [3.63, 3.8) is 0 Å². The first-order chi connectivity index (χ1) is 8.18. The molecular formula is C10H12N6S. The lowest BCUT2D eigenvalue weighted by Crippen LogP contribution is -2.15. The second kappa shape index (κ2) is 4.96. The SMILES string of the molecule is Cn1cnnc1SCc1cccnc1C(=N)N. The first kappa shape index (κ1) is 11.6. The number of aromatic nitrogens is 4. The van der Waals surface area contributed by atoms with E-state index in [0.29, 0.717) is 11.4 Å². The molecule has 3 N–H and O–H groups in total. The van der Waals surface area contributed by atoms with Crippen LogP contribution in [0, 0.1) is 5.41 Å². The van der Waals surface area contributed by atoms with Crippen LogP contribution in [0.2, 0.25) is 0 Å². The molecule has 0 aliphatic carbocycles. The lowest BCUT2D eigenvalue weighted by Gasteiger charge is -2.05. The summed E-state index contributed by atoms with van der Waals surface area (Å²) in [5, 5.41) is 16.0. The molecule has 0 spiro atoms. The number of hydrogen-bond donors (Lipinski definition) is 2. The van der Waals surface area contributed by atoms with Crippen molar-refractivity contribution in [1.29, 1.82) is 5.41 Å². The number of aryl methyl sites for hydroxylation is 1. The smallest absolute Gasteiger partial charge is 0.191 e. The molecule has 0 aliphatic heterocycles. The third-order valence-corrected chi connectivity index (χ3v) is 3.26. The highest BCUT2D eigenvalue weighted by atomic mass is 32.2. The highest BCUT2D eigenvalue weighted by molar-refractivity contribution is 7.98. The van der Waals surface area contributed by atoms with E-state index in [2.05, 4.69) is 15.2 Å². The van der Waals surface area contributed by atoms with E-state index in [1.54, 1.807) is 12.5 Å². The van der Waals surface area contributed by atoms with Gasteiger partial charge in [-0.15, -0.1) is 10.2 Å². The molecule has 0 aliphatic rings. The number of rotatable bonds is 4. The van der Waals surface area contributed by atoms with Crippen LogP contribution in [0.3, 0.4) is 0 Å². The van der Waals surface area contributed by atoms with Gasteiger partial charge < -0.3 is 10.3 Å². The third-order valence-electron chi connectivity index (χ3n) is 2.17. The van der Waals surface area contributed by atoms with Gasteiger partial charge in [-0.25, -0.2) is 0 Å². The van der Waals surface area contributed by atoms with Crippen LogP contribution in [0.25, 0.3) is 0 Å². The lowest BCUT2D eigenvalue weighted by molar-refractivity contribution is 0.788. The second-order valence-electron chi connectivity index (χ2n) is 3.44. The van der Waals surface area contributed by atoms with Crippen molar-refractivity contribution in [2.45, 2.75) is 10.9 Å². The summed E-state index contributed by atoms with van der Waals surface area (Å²) in [6, 6.07) is 3.74. The first-order valence-corrected chi connectivity index (χ1v) is 5.92. The Hall–Kier alpha value is -1.89. The standard InChI is InChI=1S/C10H12N6S/c1-16-6-14-15-10(16)17-5-7-3-2-4-13-8(7)9(11)12/h2-4,6H,5H2,1H3,(H3,11,12). The Balaban J connectivity index is 2.14. The summed E-state index contributed by atoms with van der Waals surface area (Å²) in [7, 11) is 1.89. The fraction of sp³-hybridized carbons (Fsp3) is 0.200. The van der Waals surface area contributed by atoms with Crippen LogP contribution in [0.5, 0.6) is 0 Å². The third kappa shape index (κ3) is 2.62. The Kier molecular flexibility index (Phi) is 3.38. The van der Waals surface area contributed by atoms with Crippen molar-refractivity contribution in [2.75, 3.05) is 0 Å². The van der Waals surface area contributed by atoms with Crippen LogP contribution in [-0.4, -0.2) is 25.6 Å². The summed E-state index contributed by atoms with van der Waals surface area (Å²) in [5.41, 5.74) is 6.93. The molecule has 0 amide bonds. The molecule has 0 bridgehead atoms. The highest BCUT2D eigenvalue weighted by Gasteiger charge is 2.08. The Labute approximate surface area is 103 Å². The Morgan fingerprint density at radius 1 is 1.59 bits per heavy atom. The second-order valence-corrected chi connectivity index (χ2v) is 4.38. The number of amidine groups is 1. The maximum atomic E-state index is 7.44. The van der Waals surface area contributed by atoms with E-state index in [9.17, 15) is 0 Å². The summed E-state index contributed by atoms with van der Waals surface area (Å²) >= 11 is 1.54. The van der Waals surface area contributed by atoms with E-state index >= 15 is 0 Å². The summed E-state index contributed by atoms with van der Waals surface area (Å²) in [5.74, 6) is 0.647. The average Bonchev–Trinajstić information content (AvgIpc) is 2.72. The Morgan fingerprint density at radius 3 is 3.06 bits per heavy atom. The van der Waals surface area contributed by atoms with Crippen LogP contribution >= 0.6 is 11.8 Å². The molecule has 0 unspecified atom stereocenters. The van der Waals surface area contributed by atoms with Crippen molar-refractivity contribution in [1.82, 2.24) is 19.7 Å². The van der Waals surface area contributed by atoms with Gasteiger partial charge in [0.25, 0.3) is 0 Å². The number of nitrogens with one attached hydrogen (secondary N) is 1. The van der Waals surface area contributed by atoms with Gasteiger partial charge in [0.1, 0.15) is 17.9 Å². The molecule has 0 atom stereocenters. The van der Waals surface area contributed by atoms with E-state index in [-0.39, 0.29) is 5.84 Å². The first-order valence-electron chi connectivity index (χ1n) is 4.93. The number of nitrogen functional groups attached to an aromatic ring is 1. The lowest BCUT2D eigenvalue weighted by atomic mass is 10.2. The zero-order valence-electron chi connectivity index (χ0n) is 9.29. The molecule has 17 heavy (non-hydrogen) atoms. The number of pyridine rings is 1. The maximum Gasteiger partial charge on any atom is 0.191 e. The minimum Gasteiger partial charge on any atom is -0.382 e. The summed E-state index contributed by atoms with van der Waals surface area (Å²) in [6.45, 7) is 0. The van der Waals surface area contributed by atoms with Gasteiger partial charge in [0, 0.05) is 19.0 Å². The van der Waals surface area contributed by atoms with Crippen LogP contribution in [0.15, 0.2) is 29.8 Å². The monoisotopic (exact) mass is 248 g/mol. The molecular weight excluding hydrogens is 236 g/mol. The van der Waals surface area contributed by atoms with E-state index < -0.39 is 0 Å². The van der Waals surface area contributed by atoms with Crippen molar-refractivity contribution in [3.8, 4) is 0 Å². The maximum absolute atomic E-state index is 7.44. The largest absolute Gasteiger partial charge is 0.382 e. The predicted molar refractivity (Wildman–Crippen MR) is 65.8 cm³/mol. The minimum atomic E-state index is -0.0147. The minimum absolute atomic E-state index is 0.0147. The van der Waals surface area contributed by atoms with Gasteiger partial charge in [-0.3, -0.25) is 10.4 Å². The van der Waals surface area contributed by atoms with Gasteiger partial charge in [-0.2, -0.15) is 0 Å². The van der Waals surface area contributed by atoms with Crippen molar-refractivity contribution >= 4 is 17.6 Å². The van der Waals surface area contributed by atoms with Gasteiger partial charge in [0.05, 0.1) is 0 Å². The number of hydrogen-bond acceptors (Lipinski definition) is 5. The molecule has 2 rings (SSSR count). The molecule has 2 aromatic rings. The number of nitrogens with zero attached hydrogens (tertiary/aromatic N) is 4. The van der Waals surface area contributed by atoms with Gasteiger partial charge in [0.2, 0.25) is 0 Å². The van der Waals surface area contributed by atoms with Crippen LogP contribution in [0.4, 0.5) is 0 Å². The van der Waals surface area contributed by atoms with E-state index in [1.807, 2.05) is 23.7 Å². The van der Waals surface area contributed by atoms with Crippen LogP contribution in [0.1, 0.15) is 11.3 Å². The zero-order chi connectivity index (χ0) is 12.3. The van der Waals surface area contributed by atoms with Gasteiger partial charge in [-0.1, -0.05) is 17.8 Å². The topological polar surface area (TPSA) is 93.5 Å². The molecule has 7 heteroatoms. The van der Waals surface area contributed by atoms with Crippen LogP contribution < -0.4 is 5.73 Å². The Bertz CT molecular complexity index is 535. The molecule has 6 nitrogen and oxygen atoms in total. The molecule has 0 aromatic carbocycles. The van der Waals surface area contributed by atoms with Gasteiger partial charge in [-0.05, 0) is 11.6 Å². The van der Waals surface area contributed by atoms with Crippen LogP contribution in [-0.2, 0) is 12.8 Å². The number of thioether (sulfide) groups is 1. The molecule has 0 radical (unpaired) electrons. The average molecular weight is 248 g/mol. The molecule has 0 saturated heterocycles. The summed E-state index contributed by atoms with van der Waals surface area (Å²) in [4.78, 5) is 4.09. The molecule has 2 aromatic heterocycles. The normalized spacial score (nSPS) is 10.4. The van der Waals surface area contributed by atoms with E-state index in [0.717, 1.165) is 10.7 Å². The molecule has 2 heterocycles. The fourth-order valence-electron chi connectivity index (χ4n) is 1.34. The van der Waals surface area contributed by atoms with Gasteiger partial charge >= 0.3 is 0 Å². The molecule has 88 valence electrons. The van der Waals surface area contributed by atoms with E-state index in [4.69, 9.17) is 11.1 Å². The van der Waals surface area contributed by atoms with Gasteiger partial charge in [0.15, 0.2) is 5.16 Å². The fourth-order valence-corrected chi connectivity index (χ4v) is 2.22. The summed E-state index contributed by atoms with van der Waals surface area (Å²) in [6.07, 6.45) is 3.28. The zero-order valence-corrected chi connectivity index (χ0v) is 10.1. The van der Waals surface area contributed by atoms with Crippen molar-refractivity contribution in [3.05, 3.63) is 35.9 Å². The Morgan fingerprint density at radius 2 is 2.41 bits per heavy atom. The highest BCUT2D eigenvalue weighted by Crippen LogP contribution is 2.20. The van der Waals surface area contributed by atoms with Crippen molar-refractivity contribution in [2.24, 2.45) is 12.8 Å². The number of nitrogens with two attached hydrogens (primary N) is 1. The summed E-state index contributed by atoms with van der Waals surface area (Å²) < 4.78 is 1.84. The molecule has 0 saturated carbocycles. The molecule has 0 fully saturated rings. The van der Waals surface area contributed by atoms with Crippen molar-refractivity contribution < 1.29 is 0 Å². The predicted octanol–water partition coefficient (Wildman–Crippen LogP) is 0.786.